The molecular weight excluding hydrogens is 254 g/mol. The molecule has 0 saturated carbocycles. The predicted molar refractivity (Wildman–Crippen MR) is 78.7 cm³/mol. The SMILES string of the molecule is Cc1ccc(NC(=O)Nc2ccc(C(C)O)cc2)cn1. The van der Waals surface area contributed by atoms with Crippen molar-refractivity contribution < 1.29 is 9.90 Å². The molecule has 0 fully saturated rings. The number of nitrogens with zero attached hydrogens (tertiary/aromatic N) is 1. The van der Waals surface area contributed by atoms with Crippen molar-refractivity contribution in [2.45, 2.75) is 20.0 Å². The summed E-state index contributed by atoms with van der Waals surface area (Å²) < 4.78 is 0. The van der Waals surface area contributed by atoms with E-state index in [-0.39, 0.29) is 6.03 Å². The van der Waals surface area contributed by atoms with Crippen molar-refractivity contribution in [3.05, 3.63) is 53.9 Å². The Kier molecular flexibility index (Phi) is 4.32. The Balaban J connectivity index is 1.95. The van der Waals surface area contributed by atoms with E-state index in [1.54, 1.807) is 43.5 Å². The largest absolute Gasteiger partial charge is 0.389 e. The van der Waals surface area contributed by atoms with Crippen molar-refractivity contribution in [2.75, 3.05) is 10.6 Å². The number of nitrogens with one attached hydrogen (secondary N) is 2. The molecule has 2 aromatic rings. The predicted octanol–water partition coefficient (Wildman–Crippen LogP) is 3.09. The lowest BCUT2D eigenvalue weighted by Crippen LogP contribution is -2.19. The summed E-state index contributed by atoms with van der Waals surface area (Å²) in [5.74, 6) is 0. The van der Waals surface area contributed by atoms with Crippen LogP contribution in [0.25, 0.3) is 0 Å². The number of amides is 2. The molecule has 1 unspecified atom stereocenters. The third kappa shape index (κ3) is 3.80. The van der Waals surface area contributed by atoms with Gasteiger partial charge < -0.3 is 15.7 Å². The molecule has 0 spiro atoms. The van der Waals surface area contributed by atoms with Crippen LogP contribution >= 0.6 is 0 Å². The zero-order valence-corrected chi connectivity index (χ0v) is 11.4. The Morgan fingerprint density at radius 2 is 1.70 bits per heavy atom. The molecule has 5 heteroatoms. The molecule has 1 heterocycles. The van der Waals surface area contributed by atoms with Crippen molar-refractivity contribution in [1.82, 2.24) is 4.98 Å². The fourth-order valence-electron chi connectivity index (χ4n) is 1.68. The van der Waals surface area contributed by atoms with Gasteiger partial charge in [0.2, 0.25) is 0 Å². The van der Waals surface area contributed by atoms with Crippen molar-refractivity contribution in [2.24, 2.45) is 0 Å². The van der Waals surface area contributed by atoms with Crippen LogP contribution in [-0.2, 0) is 0 Å². The van der Waals surface area contributed by atoms with Gasteiger partial charge in [-0.2, -0.15) is 0 Å². The second-order valence-electron chi connectivity index (χ2n) is 4.57. The number of aliphatic hydroxyl groups excluding tert-OH is 1. The molecule has 2 rings (SSSR count). The van der Waals surface area contributed by atoms with Crippen LogP contribution in [0.1, 0.15) is 24.3 Å². The van der Waals surface area contributed by atoms with Crippen molar-refractivity contribution >= 4 is 17.4 Å². The van der Waals surface area contributed by atoms with Gasteiger partial charge in [0.25, 0.3) is 0 Å². The van der Waals surface area contributed by atoms with Crippen LogP contribution in [0.15, 0.2) is 42.6 Å². The van der Waals surface area contributed by atoms with Gasteiger partial charge in [0, 0.05) is 11.4 Å². The summed E-state index contributed by atoms with van der Waals surface area (Å²) in [5, 5.41) is 14.8. The zero-order chi connectivity index (χ0) is 14.5. The molecule has 3 N–H and O–H groups in total. The number of benzene rings is 1. The molecule has 104 valence electrons. The fraction of sp³-hybridized carbons (Fsp3) is 0.200. The van der Waals surface area contributed by atoms with Crippen LogP contribution in [0.5, 0.6) is 0 Å². The quantitative estimate of drug-likeness (QED) is 0.803. The van der Waals surface area contributed by atoms with Crippen LogP contribution in [0.4, 0.5) is 16.2 Å². The molecule has 0 bridgehead atoms. The second kappa shape index (κ2) is 6.16. The first kappa shape index (κ1) is 14.0. The normalized spacial score (nSPS) is 11.8. The van der Waals surface area contributed by atoms with Gasteiger partial charge in [0.05, 0.1) is 18.0 Å². The molecule has 2 amide bonds. The van der Waals surface area contributed by atoms with Gasteiger partial charge in [-0.1, -0.05) is 12.1 Å². The highest BCUT2D eigenvalue weighted by atomic mass is 16.3. The number of hydrogen-bond donors (Lipinski definition) is 3. The minimum atomic E-state index is -0.517. The van der Waals surface area contributed by atoms with Gasteiger partial charge in [0.1, 0.15) is 0 Å². The molecule has 1 atom stereocenters. The minimum absolute atomic E-state index is 0.333. The molecule has 0 aliphatic carbocycles. The lowest BCUT2D eigenvalue weighted by molar-refractivity contribution is 0.199. The standard InChI is InChI=1S/C15H17N3O2/c1-10-3-6-14(9-16-10)18-15(20)17-13-7-4-12(5-8-13)11(2)19/h3-9,11,19H,1-2H3,(H2,17,18,20). The van der Waals surface area contributed by atoms with E-state index in [1.165, 1.54) is 0 Å². The van der Waals surface area contributed by atoms with Gasteiger partial charge >= 0.3 is 6.03 Å². The number of urea groups is 1. The van der Waals surface area contributed by atoms with Crippen molar-refractivity contribution in [3.8, 4) is 0 Å². The summed E-state index contributed by atoms with van der Waals surface area (Å²) in [6.07, 6.45) is 1.09. The number of aromatic nitrogens is 1. The van der Waals surface area contributed by atoms with Crippen molar-refractivity contribution in [1.29, 1.82) is 0 Å². The van der Waals surface area contributed by atoms with Gasteiger partial charge in [-0.25, -0.2) is 4.79 Å². The summed E-state index contributed by atoms with van der Waals surface area (Å²) in [7, 11) is 0. The number of carbonyl (C=O) groups excluding carboxylic acids is 1. The first-order valence-electron chi connectivity index (χ1n) is 6.33. The van der Waals surface area contributed by atoms with Crippen LogP contribution in [-0.4, -0.2) is 16.1 Å². The van der Waals surface area contributed by atoms with E-state index in [0.717, 1.165) is 11.3 Å². The summed E-state index contributed by atoms with van der Waals surface area (Å²) in [6.45, 7) is 3.58. The monoisotopic (exact) mass is 271 g/mol. The maximum atomic E-state index is 11.8. The Morgan fingerprint density at radius 1 is 1.10 bits per heavy atom. The van der Waals surface area contributed by atoms with Crippen LogP contribution in [0.3, 0.4) is 0 Å². The Morgan fingerprint density at radius 3 is 2.25 bits per heavy atom. The van der Waals surface area contributed by atoms with Gasteiger partial charge in [0.15, 0.2) is 0 Å². The summed E-state index contributed by atoms with van der Waals surface area (Å²) >= 11 is 0. The number of pyridine rings is 1. The number of hydrogen-bond acceptors (Lipinski definition) is 3. The number of rotatable bonds is 3. The summed E-state index contributed by atoms with van der Waals surface area (Å²) in [6, 6.07) is 10.3. The highest BCUT2D eigenvalue weighted by molar-refractivity contribution is 5.99. The molecule has 5 nitrogen and oxygen atoms in total. The Hall–Kier alpha value is -2.40. The molecule has 0 aliphatic heterocycles. The number of carbonyl (C=O) groups is 1. The second-order valence-corrected chi connectivity index (χ2v) is 4.57. The van der Waals surface area contributed by atoms with E-state index < -0.39 is 6.10 Å². The minimum Gasteiger partial charge on any atom is -0.389 e. The van der Waals surface area contributed by atoms with E-state index in [9.17, 15) is 9.90 Å². The fourth-order valence-corrected chi connectivity index (χ4v) is 1.68. The third-order valence-corrected chi connectivity index (χ3v) is 2.82. The average Bonchev–Trinajstić information content (AvgIpc) is 2.42. The highest BCUT2D eigenvalue weighted by Crippen LogP contribution is 2.16. The van der Waals surface area contributed by atoms with Gasteiger partial charge in [-0.3, -0.25) is 4.98 Å². The van der Waals surface area contributed by atoms with Crippen LogP contribution < -0.4 is 10.6 Å². The Labute approximate surface area is 117 Å². The summed E-state index contributed by atoms with van der Waals surface area (Å²) in [5.41, 5.74) is 2.99. The zero-order valence-electron chi connectivity index (χ0n) is 11.4. The third-order valence-electron chi connectivity index (χ3n) is 2.82. The number of aryl methyl sites for hydroxylation is 1. The Bertz CT molecular complexity index is 577. The number of aliphatic hydroxyl groups is 1. The maximum absolute atomic E-state index is 11.8. The average molecular weight is 271 g/mol. The lowest BCUT2D eigenvalue weighted by Gasteiger charge is -2.09. The molecule has 0 aliphatic rings. The topological polar surface area (TPSA) is 74.2 Å². The van der Waals surface area contributed by atoms with E-state index >= 15 is 0 Å². The summed E-state index contributed by atoms with van der Waals surface area (Å²) in [4.78, 5) is 15.9. The van der Waals surface area contributed by atoms with E-state index in [0.29, 0.717) is 11.4 Å². The van der Waals surface area contributed by atoms with Crippen LogP contribution in [0.2, 0.25) is 0 Å². The van der Waals surface area contributed by atoms with E-state index in [2.05, 4.69) is 15.6 Å². The van der Waals surface area contributed by atoms with Crippen LogP contribution in [0, 0.1) is 6.92 Å². The van der Waals surface area contributed by atoms with Gasteiger partial charge in [-0.05, 0) is 43.7 Å². The van der Waals surface area contributed by atoms with E-state index in [1.807, 2.05) is 13.0 Å². The van der Waals surface area contributed by atoms with Gasteiger partial charge in [-0.15, -0.1) is 0 Å². The molecule has 1 aromatic carbocycles. The molecule has 1 aromatic heterocycles. The molecule has 0 saturated heterocycles. The maximum Gasteiger partial charge on any atom is 0.323 e. The first-order valence-corrected chi connectivity index (χ1v) is 6.33. The highest BCUT2D eigenvalue weighted by Gasteiger charge is 2.04. The molecule has 0 radical (unpaired) electrons. The van der Waals surface area contributed by atoms with E-state index in [4.69, 9.17) is 0 Å². The number of anilines is 2. The first-order chi connectivity index (χ1) is 9.54. The molecular formula is C15H17N3O2. The smallest absolute Gasteiger partial charge is 0.323 e. The molecule has 20 heavy (non-hydrogen) atoms. The van der Waals surface area contributed by atoms with Crippen molar-refractivity contribution in [3.63, 3.8) is 0 Å². The lowest BCUT2D eigenvalue weighted by atomic mass is 10.1.